The highest BCUT2D eigenvalue weighted by molar-refractivity contribution is 6.32. The van der Waals surface area contributed by atoms with Crippen LogP contribution in [0.5, 0.6) is 17.2 Å². The molecule has 12 heteroatoms. The van der Waals surface area contributed by atoms with Gasteiger partial charge in [-0.1, -0.05) is 60.1 Å². The van der Waals surface area contributed by atoms with Gasteiger partial charge in [-0.3, -0.25) is 15.2 Å². The first kappa shape index (κ1) is 41.3. The molecule has 0 spiro atoms. The third-order valence-corrected chi connectivity index (χ3v) is 10.7. The van der Waals surface area contributed by atoms with Gasteiger partial charge in [-0.2, -0.15) is 0 Å². The fourth-order valence-electron chi connectivity index (χ4n) is 6.80. The minimum Gasteiger partial charge on any atom is -0.492 e. The normalized spacial score (nSPS) is 15.2. The minimum absolute atomic E-state index is 0.00985. The van der Waals surface area contributed by atoms with E-state index in [9.17, 15) is 24.9 Å². The molecule has 2 heterocycles. The zero-order valence-corrected chi connectivity index (χ0v) is 33.1. The van der Waals surface area contributed by atoms with Gasteiger partial charge in [0, 0.05) is 55.8 Å². The number of aliphatic hydroxyl groups excluding tert-OH is 2. The van der Waals surface area contributed by atoms with E-state index in [0.717, 1.165) is 64.2 Å². The molecule has 4 N–H and O–H groups in total. The van der Waals surface area contributed by atoms with Gasteiger partial charge in [-0.15, -0.1) is 0 Å². The maximum Gasteiger partial charge on any atom is 0.337 e. The van der Waals surface area contributed by atoms with Crippen LogP contribution in [-0.2, 0) is 24.6 Å². The number of rotatable bonds is 18. The zero-order valence-electron chi connectivity index (χ0n) is 32.3. The zero-order chi connectivity index (χ0) is 40.5. The maximum absolute atomic E-state index is 11.7. The molecule has 1 saturated heterocycles. The Balaban J connectivity index is 1.18. The lowest BCUT2D eigenvalue weighted by Crippen LogP contribution is -2.46. The third-order valence-electron chi connectivity index (χ3n) is 10.4. The monoisotopic (exact) mass is 793 g/mol. The Morgan fingerprint density at radius 3 is 2.35 bits per heavy atom. The minimum atomic E-state index is -1.18. The molecule has 1 aliphatic rings. The van der Waals surface area contributed by atoms with Gasteiger partial charge in [0.25, 0.3) is 0 Å². The van der Waals surface area contributed by atoms with Gasteiger partial charge >= 0.3 is 5.97 Å². The number of carbonyl (C=O) groups excluding carboxylic acids is 1. The van der Waals surface area contributed by atoms with Crippen molar-refractivity contribution in [2.45, 2.75) is 58.6 Å². The van der Waals surface area contributed by atoms with Crippen molar-refractivity contribution in [2.24, 2.45) is 0 Å². The van der Waals surface area contributed by atoms with E-state index >= 15 is 0 Å². The molecule has 0 unspecified atom stereocenters. The number of aromatic carboxylic acids is 1. The van der Waals surface area contributed by atoms with Gasteiger partial charge < -0.3 is 34.3 Å². The Hall–Kier alpha value is -5.30. The van der Waals surface area contributed by atoms with Crippen molar-refractivity contribution in [2.75, 3.05) is 32.8 Å². The van der Waals surface area contributed by atoms with E-state index in [2.05, 4.69) is 65.4 Å². The van der Waals surface area contributed by atoms with Crippen LogP contribution in [0.1, 0.15) is 51.5 Å². The van der Waals surface area contributed by atoms with Gasteiger partial charge in [0.05, 0.1) is 28.8 Å². The highest BCUT2D eigenvalue weighted by Gasteiger charge is 2.23. The largest absolute Gasteiger partial charge is 0.492 e. The predicted octanol–water partition coefficient (Wildman–Crippen LogP) is 7.03. The molecule has 57 heavy (non-hydrogen) atoms. The number of halogens is 1. The number of likely N-dealkylation sites (tertiary alicyclic amines) is 1. The molecular weight excluding hydrogens is 746 g/mol. The molecule has 5 aromatic rings. The summed E-state index contributed by atoms with van der Waals surface area (Å²) in [6, 6.07) is 25.5. The molecule has 2 atom stereocenters. The van der Waals surface area contributed by atoms with Crippen molar-refractivity contribution in [3.8, 4) is 39.5 Å². The SMILES string of the molecule is Cc1c(COc2cc(OCc3cncc(C(=O)O)c3)c(CN[C@](C)(C=O)CO)cc2Cl)cccc1-c1cccc(-c2ccc(OCCN3CC[C@@H](O)C3)cc2)c1C. The van der Waals surface area contributed by atoms with Crippen molar-refractivity contribution < 1.29 is 39.1 Å². The fourth-order valence-corrected chi connectivity index (χ4v) is 7.04. The van der Waals surface area contributed by atoms with Crippen LogP contribution in [0.25, 0.3) is 22.3 Å². The second-order valence-electron chi connectivity index (χ2n) is 14.6. The summed E-state index contributed by atoms with van der Waals surface area (Å²) in [5.74, 6) is 0.484. The number of carboxylic acids is 1. The highest BCUT2D eigenvalue weighted by Crippen LogP contribution is 2.37. The number of aliphatic hydroxyl groups is 2. The smallest absolute Gasteiger partial charge is 0.337 e. The van der Waals surface area contributed by atoms with Crippen LogP contribution in [0.15, 0.2) is 91.3 Å². The van der Waals surface area contributed by atoms with Crippen LogP contribution in [0.2, 0.25) is 5.02 Å². The molecule has 1 aromatic heterocycles. The predicted molar refractivity (Wildman–Crippen MR) is 219 cm³/mol. The lowest BCUT2D eigenvalue weighted by atomic mass is 9.89. The quantitative estimate of drug-likeness (QED) is 0.0678. The van der Waals surface area contributed by atoms with E-state index in [4.69, 9.17) is 25.8 Å². The Labute approximate surface area is 337 Å². The maximum atomic E-state index is 11.7. The topological polar surface area (TPSA) is 151 Å². The van der Waals surface area contributed by atoms with Crippen molar-refractivity contribution in [3.63, 3.8) is 0 Å². The van der Waals surface area contributed by atoms with Crippen molar-refractivity contribution in [1.82, 2.24) is 15.2 Å². The molecule has 0 saturated carbocycles. The van der Waals surface area contributed by atoms with Crippen LogP contribution in [0.4, 0.5) is 0 Å². The van der Waals surface area contributed by atoms with E-state index in [-0.39, 0.29) is 31.4 Å². The summed E-state index contributed by atoms with van der Waals surface area (Å²) in [5.41, 5.74) is 7.57. The van der Waals surface area contributed by atoms with Gasteiger partial charge in [-0.05, 0) is 90.4 Å². The Bertz CT molecular complexity index is 2200. The van der Waals surface area contributed by atoms with E-state index in [1.165, 1.54) is 18.5 Å². The first-order chi connectivity index (χ1) is 27.5. The van der Waals surface area contributed by atoms with Crippen LogP contribution in [0, 0.1) is 13.8 Å². The number of ether oxygens (including phenoxy) is 3. The summed E-state index contributed by atoms with van der Waals surface area (Å²) >= 11 is 6.77. The van der Waals surface area contributed by atoms with Crippen molar-refractivity contribution >= 4 is 23.9 Å². The number of carbonyl (C=O) groups is 2. The molecular formula is C45H48ClN3O8. The summed E-state index contributed by atoms with van der Waals surface area (Å²) in [5, 5.41) is 32.3. The lowest BCUT2D eigenvalue weighted by molar-refractivity contribution is -0.114. The standard InChI is InChI=1S/C45H48ClN3O8/c1-29-33(6-4-8-39(29)40-9-5-7-38(30(40)2)32-10-12-37(13-11-32)55-17-16-49-15-14-36(52)24-49)26-57-43-20-42(56-25-31-18-35(44(53)54)22-47-21-31)34(19-41(43)46)23-48-45(3,27-50)28-51/h4-13,18-22,27,36,48,51-52H,14-17,23-26,28H2,1-3H3,(H,53,54)/t36-,45-/m1/s1. The van der Waals surface area contributed by atoms with Crippen LogP contribution in [-0.4, -0.2) is 81.9 Å². The molecule has 1 aliphatic heterocycles. The van der Waals surface area contributed by atoms with E-state index in [1.54, 1.807) is 19.1 Å². The second-order valence-corrected chi connectivity index (χ2v) is 15.0. The summed E-state index contributed by atoms with van der Waals surface area (Å²) in [7, 11) is 0. The highest BCUT2D eigenvalue weighted by atomic mass is 35.5. The first-order valence-corrected chi connectivity index (χ1v) is 19.2. The van der Waals surface area contributed by atoms with Gasteiger partial charge in [-0.25, -0.2) is 4.79 Å². The second kappa shape index (κ2) is 18.8. The van der Waals surface area contributed by atoms with Crippen LogP contribution < -0.4 is 19.5 Å². The number of pyridine rings is 1. The first-order valence-electron chi connectivity index (χ1n) is 18.9. The number of carboxylic acid groups (broad SMARTS) is 1. The Morgan fingerprint density at radius 2 is 1.65 bits per heavy atom. The van der Waals surface area contributed by atoms with Gasteiger partial charge in [0.15, 0.2) is 0 Å². The lowest BCUT2D eigenvalue weighted by Gasteiger charge is -2.23. The van der Waals surface area contributed by atoms with Crippen LogP contribution in [0.3, 0.4) is 0 Å². The molecule has 298 valence electrons. The number of benzene rings is 4. The van der Waals surface area contributed by atoms with Gasteiger partial charge in [0.2, 0.25) is 0 Å². The van der Waals surface area contributed by atoms with E-state index in [1.807, 2.05) is 24.3 Å². The Kier molecular flexibility index (Phi) is 13.6. The number of hydrogen-bond donors (Lipinski definition) is 4. The molecule has 0 bridgehead atoms. The Morgan fingerprint density at radius 1 is 0.930 bits per heavy atom. The summed E-state index contributed by atoms with van der Waals surface area (Å²) in [4.78, 5) is 29.4. The van der Waals surface area contributed by atoms with Gasteiger partial charge in [0.1, 0.15) is 43.4 Å². The molecule has 0 amide bonds. The molecule has 0 aliphatic carbocycles. The molecule has 1 fully saturated rings. The number of nitrogens with zero attached hydrogens (tertiary/aromatic N) is 2. The molecule has 6 rings (SSSR count). The summed E-state index contributed by atoms with van der Waals surface area (Å²) < 4.78 is 18.5. The molecule has 0 radical (unpaired) electrons. The average Bonchev–Trinajstić information content (AvgIpc) is 3.64. The molecule has 11 nitrogen and oxygen atoms in total. The van der Waals surface area contributed by atoms with Crippen molar-refractivity contribution in [3.05, 3.63) is 130 Å². The van der Waals surface area contributed by atoms with E-state index in [0.29, 0.717) is 47.1 Å². The van der Waals surface area contributed by atoms with Crippen molar-refractivity contribution in [1.29, 1.82) is 0 Å². The summed E-state index contributed by atoms with van der Waals surface area (Å²) in [6.07, 6.45) is 4.01. The number of hydrogen-bond acceptors (Lipinski definition) is 10. The number of aldehydes is 1. The third kappa shape index (κ3) is 10.4. The summed E-state index contributed by atoms with van der Waals surface area (Å²) in [6.45, 7) is 8.70. The average molecular weight is 794 g/mol. The number of aromatic nitrogens is 1. The van der Waals surface area contributed by atoms with E-state index < -0.39 is 18.1 Å². The number of β-amino-alcohol motifs (C(OH)–C–C–N with tert-alkyl or cyclic N) is 1. The van der Waals surface area contributed by atoms with Crippen LogP contribution >= 0.6 is 11.6 Å². The molecule has 4 aromatic carbocycles. The fraction of sp³-hybridized carbons (Fsp3) is 0.311. The number of nitrogens with one attached hydrogen (secondary N) is 1.